The molecule has 0 saturated heterocycles. The van der Waals surface area contributed by atoms with Crippen LogP contribution in [0, 0.1) is 17.0 Å². The van der Waals surface area contributed by atoms with Crippen molar-refractivity contribution in [2.75, 3.05) is 6.61 Å². The summed E-state index contributed by atoms with van der Waals surface area (Å²) in [5.41, 5.74) is 2.16. The summed E-state index contributed by atoms with van der Waals surface area (Å²) in [7, 11) is 0. The van der Waals surface area contributed by atoms with Gasteiger partial charge in [0.05, 0.1) is 28.6 Å². The molecule has 190 valence electrons. The molecule has 0 atom stereocenters. The highest BCUT2D eigenvalue weighted by Gasteiger charge is 2.20. The zero-order valence-electron chi connectivity index (χ0n) is 20.7. The first-order chi connectivity index (χ1) is 17.6. The molecular formula is C27H25BrN4O5. The highest BCUT2D eigenvalue weighted by Crippen LogP contribution is 2.35. The molecule has 0 aliphatic rings. The largest absolute Gasteiger partial charge is 0.502 e. The second-order valence-electron chi connectivity index (χ2n) is 8.73. The molecule has 0 aliphatic carbocycles. The van der Waals surface area contributed by atoms with Crippen molar-refractivity contribution in [3.63, 3.8) is 0 Å². The molecule has 0 spiro atoms. The van der Waals surface area contributed by atoms with Crippen LogP contribution in [0.25, 0.3) is 22.3 Å². The summed E-state index contributed by atoms with van der Waals surface area (Å²) in [6, 6.07) is 13.5. The number of aromatic nitrogens is 2. The van der Waals surface area contributed by atoms with Crippen LogP contribution in [-0.2, 0) is 0 Å². The van der Waals surface area contributed by atoms with Crippen molar-refractivity contribution in [1.29, 1.82) is 0 Å². The van der Waals surface area contributed by atoms with E-state index in [1.54, 1.807) is 24.3 Å². The van der Waals surface area contributed by atoms with Crippen molar-refractivity contribution in [2.45, 2.75) is 33.6 Å². The summed E-state index contributed by atoms with van der Waals surface area (Å²) in [5.74, 6) is 0.651. The lowest BCUT2D eigenvalue weighted by Crippen LogP contribution is -2.21. The normalized spacial score (nSPS) is 11.5. The molecule has 1 N–H and O–H groups in total. The molecule has 4 rings (SSSR count). The van der Waals surface area contributed by atoms with Crippen molar-refractivity contribution < 1.29 is 14.8 Å². The molecule has 9 nitrogen and oxygen atoms in total. The Labute approximate surface area is 221 Å². The number of phenolic OH excluding ortho intramolecular Hbond substituents is 1. The third kappa shape index (κ3) is 5.10. The van der Waals surface area contributed by atoms with Crippen molar-refractivity contribution in [1.82, 2.24) is 9.66 Å². The van der Waals surface area contributed by atoms with Gasteiger partial charge in [-0.2, -0.15) is 9.78 Å². The summed E-state index contributed by atoms with van der Waals surface area (Å²) in [6.45, 7) is 8.45. The Morgan fingerprint density at radius 2 is 1.97 bits per heavy atom. The van der Waals surface area contributed by atoms with Gasteiger partial charge in [-0.1, -0.05) is 41.9 Å². The van der Waals surface area contributed by atoms with Crippen molar-refractivity contribution in [3.05, 3.63) is 90.2 Å². The maximum atomic E-state index is 13.6. The fraction of sp³-hybridized carbons (Fsp3) is 0.222. The molecule has 0 amide bonds. The zero-order chi connectivity index (χ0) is 26.9. The van der Waals surface area contributed by atoms with Crippen LogP contribution >= 0.6 is 15.9 Å². The number of phenols is 1. The van der Waals surface area contributed by atoms with Crippen molar-refractivity contribution >= 4 is 38.7 Å². The van der Waals surface area contributed by atoms with Crippen molar-refractivity contribution in [2.24, 2.45) is 5.10 Å². The van der Waals surface area contributed by atoms with Crippen LogP contribution in [-0.4, -0.2) is 32.5 Å². The minimum Gasteiger partial charge on any atom is -0.502 e. The van der Waals surface area contributed by atoms with Gasteiger partial charge in [-0.3, -0.25) is 14.9 Å². The van der Waals surface area contributed by atoms with Crippen LogP contribution in [0.3, 0.4) is 0 Å². The lowest BCUT2D eigenvalue weighted by molar-refractivity contribution is -0.385. The zero-order valence-corrected chi connectivity index (χ0v) is 22.3. The van der Waals surface area contributed by atoms with Crippen LogP contribution in [0.5, 0.6) is 11.5 Å². The minimum absolute atomic E-state index is 0.0679. The van der Waals surface area contributed by atoms with Crippen LogP contribution in [0.1, 0.15) is 43.4 Å². The van der Waals surface area contributed by atoms with E-state index in [1.165, 1.54) is 18.3 Å². The molecule has 37 heavy (non-hydrogen) atoms. The second kappa shape index (κ2) is 10.5. The number of aromatic hydroxyl groups is 1. The number of aryl methyl sites for hydroxylation is 1. The SMILES string of the molecule is CCOc1cc(C)c(-c2nc3ccccc3c(=O)n2N=Cc2cc(Br)cc([N+](=O)[O-])c2O)cc1C(C)C. The van der Waals surface area contributed by atoms with E-state index in [9.17, 15) is 20.0 Å². The number of hydrogen-bond donors (Lipinski definition) is 1. The lowest BCUT2D eigenvalue weighted by atomic mass is 9.96. The van der Waals surface area contributed by atoms with E-state index >= 15 is 0 Å². The third-order valence-corrected chi connectivity index (χ3v) is 6.32. The van der Waals surface area contributed by atoms with Gasteiger partial charge < -0.3 is 9.84 Å². The van der Waals surface area contributed by atoms with Crippen LogP contribution < -0.4 is 10.3 Å². The lowest BCUT2D eigenvalue weighted by Gasteiger charge is -2.18. The molecule has 10 heteroatoms. The first-order valence-electron chi connectivity index (χ1n) is 11.6. The van der Waals surface area contributed by atoms with Gasteiger partial charge in [0.15, 0.2) is 5.82 Å². The number of fused-ring (bicyclic) bond motifs is 1. The Balaban J connectivity index is 2.00. The molecule has 0 fully saturated rings. The van der Waals surface area contributed by atoms with Crippen molar-refractivity contribution in [3.8, 4) is 22.9 Å². The molecule has 4 aromatic rings. The summed E-state index contributed by atoms with van der Waals surface area (Å²) < 4.78 is 7.38. The standard InChI is InChI=1S/C27H25BrN4O5/c1-5-37-24-10-16(4)21(13-20(24)15(2)3)26-30-22-9-7-6-8-19(22)27(34)31(26)29-14-17-11-18(28)12-23(25(17)33)32(35)36/h6-15,33H,5H2,1-4H3. The maximum absolute atomic E-state index is 13.6. The number of nitro groups is 1. The highest BCUT2D eigenvalue weighted by molar-refractivity contribution is 9.10. The average molecular weight is 565 g/mol. The molecule has 0 unspecified atom stereocenters. The predicted molar refractivity (Wildman–Crippen MR) is 147 cm³/mol. The Kier molecular flexibility index (Phi) is 7.40. The summed E-state index contributed by atoms with van der Waals surface area (Å²) in [5, 5.41) is 26.5. The molecule has 0 aliphatic heterocycles. The van der Waals surface area contributed by atoms with Gasteiger partial charge in [0.25, 0.3) is 5.56 Å². The van der Waals surface area contributed by atoms with Gasteiger partial charge in [0, 0.05) is 21.7 Å². The monoisotopic (exact) mass is 564 g/mol. The number of para-hydroxylation sites is 1. The third-order valence-electron chi connectivity index (χ3n) is 5.87. The Morgan fingerprint density at radius 1 is 1.24 bits per heavy atom. The molecule has 1 heterocycles. The van der Waals surface area contributed by atoms with E-state index in [-0.39, 0.29) is 11.5 Å². The van der Waals surface area contributed by atoms with E-state index < -0.39 is 21.9 Å². The number of nitro benzene ring substituents is 1. The first kappa shape index (κ1) is 26.0. The summed E-state index contributed by atoms with van der Waals surface area (Å²) in [6.07, 6.45) is 1.21. The molecule has 0 bridgehead atoms. The average Bonchev–Trinajstić information content (AvgIpc) is 2.85. The highest BCUT2D eigenvalue weighted by atomic mass is 79.9. The van der Waals surface area contributed by atoms with E-state index in [0.717, 1.165) is 21.6 Å². The van der Waals surface area contributed by atoms with Gasteiger partial charge in [0.1, 0.15) is 5.75 Å². The fourth-order valence-corrected chi connectivity index (χ4v) is 4.50. The molecule has 3 aromatic carbocycles. The number of hydrogen-bond acceptors (Lipinski definition) is 7. The summed E-state index contributed by atoms with van der Waals surface area (Å²) in [4.78, 5) is 29.0. The fourth-order valence-electron chi connectivity index (χ4n) is 4.04. The Bertz CT molecular complexity index is 1610. The maximum Gasteiger partial charge on any atom is 0.312 e. The van der Waals surface area contributed by atoms with Gasteiger partial charge in [-0.05, 0) is 61.2 Å². The minimum atomic E-state index is -0.691. The first-order valence-corrected chi connectivity index (χ1v) is 12.4. The van der Waals surface area contributed by atoms with Crippen LogP contribution in [0.2, 0.25) is 0 Å². The van der Waals surface area contributed by atoms with Gasteiger partial charge in [0.2, 0.25) is 5.75 Å². The summed E-state index contributed by atoms with van der Waals surface area (Å²) >= 11 is 3.22. The smallest absolute Gasteiger partial charge is 0.312 e. The number of nitrogens with zero attached hydrogens (tertiary/aromatic N) is 4. The molecule has 0 saturated carbocycles. The van der Waals surface area contributed by atoms with Gasteiger partial charge >= 0.3 is 5.69 Å². The van der Waals surface area contributed by atoms with E-state index in [0.29, 0.717) is 33.4 Å². The Morgan fingerprint density at radius 3 is 2.65 bits per heavy atom. The molecule has 1 aromatic heterocycles. The Hall–Kier alpha value is -4.05. The number of rotatable bonds is 7. The van der Waals surface area contributed by atoms with Gasteiger partial charge in [-0.15, -0.1) is 0 Å². The van der Waals surface area contributed by atoms with Crippen LogP contribution in [0.4, 0.5) is 5.69 Å². The second-order valence-corrected chi connectivity index (χ2v) is 9.64. The predicted octanol–water partition coefficient (Wildman–Crippen LogP) is 6.15. The number of ether oxygens (including phenoxy) is 1. The quantitative estimate of drug-likeness (QED) is 0.163. The van der Waals surface area contributed by atoms with Crippen LogP contribution in [0.15, 0.2) is 62.9 Å². The molecule has 0 radical (unpaired) electrons. The number of benzene rings is 3. The van der Waals surface area contributed by atoms with E-state index in [2.05, 4.69) is 34.9 Å². The topological polar surface area (TPSA) is 120 Å². The number of halogens is 1. The van der Waals surface area contributed by atoms with E-state index in [4.69, 9.17) is 9.72 Å². The molecular weight excluding hydrogens is 540 g/mol. The van der Waals surface area contributed by atoms with Gasteiger partial charge in [-0.25, -0.2) is 4.98 Å². The van der Waals surface area contributed by atoms with E-state index in [1.807, 2.05) is 26.0 Å².